The molecule has 1 aliphatic rings. The van der Waals surface area contributed by atoms with Crippen LogP contribution in [0.15, 0.2) is 0 Å². The molecule has 0 aromatic carbocycles. The number of carbonyl (C=O) groups excluding carboxylic acids is 1. The molecule has 120 valence electrons. The predicted molar refractivity (Wildman–Crippen MR) is 75.5 cm³/mol. The fourth-order valence-corrected chi connectivity index (χ4v) is 3.02. The molecular formula is C14H24N2O5. The second-order valence-corrected chi connectivity index (χ2v) is 5.79. The largest absolute Gasteiger partial charge is 0.481 e. The molecule has 2 unspecified atom stereocenters. The molecule has 0 bridgehead atoms. The summed E-state index contributed by atoms with van der Waals surface area (Å²) in [6.07, 6.45) is 4.33. The van der Waals surface area contributed by atoms with E-state index >= 15 is 0 Å². The summed E-state index contributed by atoms with van der Waals surface area (Å²) in [6, 6.07) is -2.23. The Morgan fingerprint density at radius 3 is 2.05 bits per heavy atom. The Labute approximate surface area is 123 Å². The quantitative estimate of drug-likeness (QED) is 0.506. The van der Waals surface area contributed by atoms with E-state index in [4.69, 9.17) is 21.7 Å². The molecule has 0 saturated heterocycles. The number of aliphatic carboxylic acids is 2. The maximum absolute atomic E-state index is 12.4. The van der Waals surface area contributed by atoms with Crippen LogP contribution >= 0.6 is 0 Å². The molecule has 7 nitrogen and oxygen atoms in total. The van der Waals surface area contributed by atoms with Gasteiger partial charge in [-0.25, -0.2) is 0 Å². The van der Waals surface area contributed by atoms with Crippen LogP contribution in [0.25, 0.3) is 0 Å². The highest BCUT2D eigenvalue weighted by atomic mass is 16.4. The Hall–Kier alpha value is -1.47. The van der Waals surface area contributed by atoms with Gasteiger partial charge in [0.15, 0.2) is 5.78 Å². The van der Waals surface area contributed by atoms with Gasteiger partial charge >= 0.3 is 11.9 Å². The van der Waals surface area contributed by atoms with E-state index in [1.807, 2.05) is 0 Å². The number of carbonyl (C=O) groups is 3. The summed E-state index contributed by atoms with van der Waals surface area (Å²) in [7, 11) is 0. The number of Topliss-reactive ketones (excluding diaryl/α,β-unsaturated/α-hetero) is 1. The smallest absolute Gasteiger partial charge is 0.320 e. The van der Waals surface area contributed by atoms with Crippen LogP contribution in [-0.2, 0) is 14.4 Å². The van der Waals surface area contributed by atoms with Gasteiger partial charge in [0.2, 0.25) is 0 Å². The summed E-state index contributed by atoms with van der Waals surface area (Å²) in [4.78, 5) is 34.0. The third kappa shape index (κ3) is 5.43. The molecule has 1 fully saturated rings. The highest BCUT2D eigenvalue weighted by molar-refractivity contribution is 5.90. The molecule has 3 atom stereocenters. The number of rotatable bonds is 8. The van der Waals surface area contributed by atoms with Crippen LogP contribution in [0.3, 0.4) is 0 Å². The van der Waals surface area contributed by atoms with Crippen molar-refractivity contribution in [1.82, 2.24) is 0 Å². The van der Waals surface area contributed by atoms with E-state index in [0.717, 1.165) is 32.1 Å². The highest BCUT2D eigenvalue weighted by Crippen LogP contribution is 2.33. The molecule has 0 heterocycles. The maximum atomic E-state index is 12.4. The van der Waals surface area contributed by atoms with Crippen LogP contribution in [0.2, 0.25) is 0 Å². The summed E-state index contributed by atoms with van der Waals surface area (Å²) in [5, 5.41) is 17.7. The van der Waals surface area contributed by atoms with E-state index < -0.39 is 36.4 Å². The maximum Gasteiger partial charge on any atom is 0.320 e. The molecule has 6 N–H and O–H groups in total. The lowest BCUT2D eigenvalue weighted by Crippen LogP contribution is -2.44. The van der Waals surface area contributed by atoms with Crippen LogP contribution in [-0.4, -0.2) is 40.0 Å². The summed E-state index contributed by atoms with van der Waals surface area (Å²) in [5.74, 6) is -3.18. The average molecular weight is 300 g/mol. The van der Waals surface area contributed by atoms with Gasteiger partial charge in [0.1, 0.15) is 6.04 Å². The normalized spacial score (nSPS) is 20.5. The molecule has 7 heteroatoms. The van der Waals surface area contributed by atoms with E-state index in [9.17, 15) is 14.4 Å². The Morgan fingerprint density at radius 2 is 1.57 bits per heavy atom. The third-order valence-corrected chi connectivity index (χ3v) is 4.17. The van der Waals surface area contributed by atoms with Crippen molar-refractivity contribution < 1.29 is 24.6 Å². The molecule has 0 aromatic heterocycles. The Bertz CT molecular complexity index is 393. The van der Waals surface area contributed by atoms with Gasteiger partial charge in [0, 0.05) is 5.92 Å². The van der Waals surface area contributed by atoms with Crippen molar-refractivity contribution in [3.05, 3.63) is 0 Å². The second-order valence-electron chi connectivity index (χ2n) is 5.79. The average Bonchev–Trinajstić information content (AvgIpc) is 2.43. The monoisotopic (exact) mass is 300 g/mol. The minimum atomic E-state index is -1.16. The number of carboxylic acids is 2. The molecule has 1 aliphatic carbocycles. The number of hydrogen-bond acceptors (Lipinski definition) is 5. The Kier molecular flexibility index (Phi) is 6.77. The minimum absolute atomic E-state index is 0.0200. The molecule has 1 rings (SSSR count). The Morgan fingerprint density at radius 1 is 1.00 bits per heavy atom. The lowest BCUT2D eigenvalue weighted by molar-refractivity contribution is -0.142. The summed E-state index contributed by atoms with van der Waals surface area (Å²) < 4.78 is 0. The zero-order valence-corrected chi connectivity index (χ0v) is 12.0. The fraction of sp³-hybridized carbons (Fsp3) is 0.786. The first-order valence-electron chi connectivity index (χ1n) is 7.32. The van der Waals surface area contributed by atoms with Crippen LogP contribution in [0.1, 0.15) is 44.9 Å². The van der Waals surface area contributed by atoms with Gasteiger partial charge in [0.05, 0.1) is 12.5 Å². The van der Waals surface area contributed by atoms with E-state index in [-0.39, 0.29) is 18.1 Å². The van der Waals surface area contributed by atoms with E-state index in [1.165, 1.54) is 0 Å². The Balaban J connectivity index is 2.81. The standard InChI is InChI=1S/C14H24N2O5/c15-10(7-12(17)18)13(19)9(6-11(16)14(20)21)8-4-2-1-3-5-8/h8-11H,1-7,15-16H2,(H,17,18)(H,20,21)/t9?,10-,11?/m1/s1. The van der Waals surface area contributed by atoms with Crippen LogP contribution < -0.4 is 11.5 Å². The van der Waals surface area contributed by atoms with Gasteiger partial charge in [-0.2, -0.15) is 0 Å². The van der Waals surface area contributed by atoms with Crippen molar-refractivity contribution in [3.8, 4) is 0 Å². The first-order valence-corrected chi connectivity index (χ1v) is 7.32. The molecule has 0 aliphatic heterocycles. The van der Waals surface area contributed by atoms with E-state index in [2.05, 4.69) is 0 Å². The molecule has 21 heavy (non-hydrogen) atoms. The van der Waals surface area contributed by atoms with Gasteiger partial charge in [-0.3, -0.25) is 14.4 Å². The highest BCUT2D eigenvalue weighted by Gasteiger charge is 2.35. The molecule has 0 amide bonds. The van der Waals surface area contributed by atoms with Crippen molar-refractivity contribution in [2.45, 2.75) is 57.0 Å². The first-order chi connectivity index (χ1) is 9.82. The van der Waals surface area contributed by atoms with Crippen LogP contribution in [0, 0.1) is 11.8 Å². The lowest BCUT2D eigenvalue weighted by Gasteiger charge is -2.31. The molecule has 1 saturated carbocycles. The van der Waals surface area contributed by atoms with E-state index in [0.29, 0.717) is 0 Å². The summed E-state index contributed by atoms with van der Waals surface area (Å²) in [5.41, 5.74) is 11.2. The minimum Gasteiger partial charge on any atom is -0.481 e. The van der Waals surface area contributed by atoms with Gasteiger partial charge in [0.25, 0.3) is 0 Å². The number of ketones is 1. The van der Waals surface area contributed by atoms with Crippen molar-refractivity contribution >= 4 is 17.7 Å². The van der Waals surface area contributed by atoms with Crippen molar-refractivity contribution in [2.75, 3.05) is 0 Å². The zero-order valence-electron chi connectivity index (χ0n) is 12.0. The third-order valence-electron chi connectivity index (χ3n) is 4.17. The molecule has 0 spiro atoms. The number of hydrogen-bond donors (Lipinski definition) is 4. The van der Waals surface area contributed by atoms with Gasteiger partial charge < -0.3 is 21.7 Å². The summed E-state index contributed by atoms with van der Waals surface area (Å²) in [6.45, 7) is 0. The van der Waals surface area contributed by atoms with Gasteiger partial charge in [-0.05, 0) is 25.2 Å². The SMILES string of the molecule is NC(CC(C(=O)[C@H](N)CC(=O)O)C1CCCCC1)C(=O)O. The van der Waals surface area contributed by atoms with Crippen LogP contribution in [0.4, 0.5) is 0 Å². The predicted octanol–water partition coefficient (Wildman–Crippen LogP) is 0.356. The topological polar surface area (TPSA) is 144 Å². The van der Waals surface area contributed by atoms with Crippen LogP contribution in [0.5, 0.6) is 0 Å². The first kappa shape index (κ1) is 17.6. The lowest BCUT2D eigenvalue weighted by atomic mass is 9.74. The number of nitrogens with two attached hydrogens (primary N) is 2. The zero-order chi connectivity index (χ0) is 16.0. The molecule has 0 radical (unpaired) electrons. The summed E-state index contributed by atoms with van der Waals surface area (Å²) >= 11 is 0. The fourth-order valence-electron chi connectivity index (χ4n) is 3.02. The molecular weight excluding hydrogens is 276 g/mol. The van der Waals surface area contributed by atoms with Gasteiger partial charge in [-0.15, -0.1) is 0 Å². The van der Waals surface area contributed by atoms with Gasteiger partial charge in [-0.1, -0.05) is 19.3 Å². The number of carboxylic acid groups (broad SMARTS) is 2. The van der Waals surface area contributed by atoms with Crippen molar-refractivity contribution in [1.29, 1.82) is 0 Å². The second kappa shape index (κ2) is 8.09. The molecule has 0 aromatic rings. The van der Waals surface area contributed by atoms with Crippen molar-refractivity contribution in [3.63, 3.8) is 0 Å². The van der Waals surface area contributed by atoms with Crippen molar-refractivity contribution in [2.24, 2.45) is 23.3 Å². The van der Waals surface area contributed by atoms with E-state index in [1.54, 1.807) is 0 Å².